The van der Waals surface area contributed by atoms with Crippen LogP contribution in [0.2, 0.25) is 0 Å². The third-order valence-electron chi connectivity index (χ3n) is 3.38. The highest BCUT2D eigenvalue weighted by molar-refractivity contribution is 9.10. The Hall–Kier alpha value is -0.750. The van der Waals surface area contributed by atoms with Gasteiger partial charge < -0.3 is 10.4 Å². The number of anilines is 1. The molecule has 2 atom stereocenters. The molecule has 1 aromatic rings. The van der Waals surface area contributed by atoms with Crippen LogP contribution >= 0.6 is 15.9 Å². The van der Waals surface area contributed by atoms with Gasteiger partial charge in [0.15, 0.2) is 0 Å². The van der Waals surface area contributed by atoms with Crippen molar-refractivity contribution in [3.8, 4) is 0 Å². The van der Waals surface area contributed by atoms with E-state index in [1.165, 1.54) is 6.07 Å². The zero-order valence-electron chi connectivity index (χ0n) is 10.2. The summed E-state index contributed by atoms with van der Waals surface area (Å²) in [6, 6.07) is 4.09. The van der Waals surface area contributed by atoms with E-state index < -0.39 is 11.7 Å². The zero-order chi connectivity index (χ0) is 14.0. The molecule has 0 bridgehead atoms. The molecule has 1 fully saturated rings. The molecule has 0 aliphatic heterocycles. The Morgan fingerprint density at radius 2 is 2.05 bits per heavy atom. The number of rotatable bonds is 3. The Labute approximate surface area is 118 Å². The van der Waals surface area contributed by atoms with Crippen molar-refractivity contribution in [2.75, 3.05) is 11.9 Å². The van der Waals surface area contributed by atoms with Crippen LogP contribution in [0.25, 0.3) is 0 Å². The number of nitrogens with one attached hydrogen (secondary N) is 1. The summed E-state index contributed by atoms with van der Waals surface area (Å²) in [5.74, 6) is 0.236. The summed E-state index contributed by atoms with van der Waals surface area (Å²) in [4.78, 5) is 0. The molecule has 106 valence electrons. The molecule has 0 spiro atoms. The quantitative estimate of drug-likeness (QED) is 0.872. The van der Waals surface area contributed by atoms with Crippen molar-refractivity contribution in [3.05, 3.63) is 28.2 Å². The van der Waals surface area contributed by atoms with Crippen LogP contribution in [0.1, 0.15) is 24.8 Å². The molecule has 0 saturated heterocycles. The second kappa shape index (κ2) is 5.71. The number of hydrogen-bond donors (Lipinski definition) is 2. The van der Waals surface area contributed by atoms with Crippen molar-refractivity contribution < 1.29 is 18.3 Å². The molecule has 0 amide bonds. The summed E-state index contributed by atoms with van der Waals surface area (Å²) in [5, 5.41) is 12.3. The topological polar surface area (TPSA) is 32.3 Å². The molecule has 6 heteroatoms. The Balaban J connectivity index is 2.07. The fraction of sp³-hybridized carbons (Fsp3) is 0.538. The normalized spacial score (nSPS) is 23.6. The summed E-state index contributed by atoms with van der Waals surface area (Å²) in [7, 11) is 0. The van der Waals surface area contributed by atoms with Gasteiger partial charge in [0.25, 0.3) is 0 Å². The van der Waals surface area contributed by atoms with Crippen LogP contribution in [0.3, 0.4) is 0 Å². The van der Waals surface area contributed by atoms with Gasteiger partial charge in [0, 0.05) is 16.7 Å². The van der Waals surface area contributed by atoms with Crippen LogP contribution in [0.4, 0.5) is 18.9 Å². The molecule has 2 rings (SSSR count). The van der Waals surface area contributed by atoms with Crippen molar-refractivity contribution in [3.63, 3.8) is 0 Å². The van der Waals surface area contributed by atoms with E-state index >= 15 is 0 Å². The first kappa shape index (κ1) is 14.7. The van der Waals surface area contributed by atoms with E-state index in [9.17, 15) is 18.3 Å². The monoisotopic (exact) mass is 337 g/mol. The van der Waals surface area contributed by atoms with E-state index in [-0.39, 0.29) is 17.7 Å². The van der Waals surface area contributed by atoms with Gasteiger partial charge in [-0.05, 0) is 43.4 Å². The van der Waals surface area contributed by atoms with E-state index in [2.05, 4.69) is 21.2 Å². The van der Waals surface area contributed by atoms with Gasteiger partial charge in [-0.3, -0.25) is 0 Å². The van der Waals surface area contributed by atoms with Gasteiger partial charge in [-0.25, -0.2) is 0 Å². The number of halogens is 4. The van der Waals surface area contributed by atoms with E-state index in [0.29, 0.717) is 17.4 Å². The van der Waals surface area contributed by atoms with Gasteiger partial charge in [-0.2, -0.15) is 13.2 Å². The third-order valence-corrected chi connectivity index (χ3v) is 3.88. The minimum atomic E-state index is -4.37. The summed E-state index contributed by atoms with van der Waals surface area (Å²) in [6.07, 6.45) is -2.43. The molecule has 2 unspecified atom stereocenters. The Bertz CT molecular complexity index is 450. The second-order valence-electron chi connectivity index (χ2n) is 4.90. The summed E-state index contributed by atoms with van der Waals surface area (Å²) in [5.41, 5.74) is -0.572. The predicted molar refractivity (Wildman–Crippen MR) is 71.0 cm³/mol. The molecule has 1 saturated carbocycles. The number of benzene rings is 1. The summed E-state index contributed by atoms with van der Waals surface area (Å²) < 4.78 is 39.1. The van der Waals surface area contributed by atoms with Crippen molar-refractivity contribution >= 4 is 21.6 Å². The molecule has 0 heterocycles. The lowest BCUT2D eigenvalue weighted by Gasteiger charge is -2.17. The molecular formula is C13H15BrF3NO. The maximum atomic E-state index is 12.9. The van der Waals surface area contributed by atoms with Crippen LogP contribution in [0.15, 0.2) is 22.7 Å². The molecule has 2 N–H and O–H groups in total. The third kappa shape index (κ3) is 3.86. The maximum Gasteiger partial charge on any atom is 0.418 e. The van der Waals surface area contributed by atoms with E-state index in [4.69, 9.17) is 0 Å². The van der Waals surface area contributed by atoms with Crippen molar-refractivity contribution in [2.24, 2.45) is 5.92 Å². The van der Waals surface area contributed by atoms with Gasteiger partial charge >= 0.3 is 6.18 Å². The van der Waals surface area contributed by atoms with Gasteiger partial charge in [0.1, 0.15) is 0 Å². The highest BCUT2D eigenvalue weighted by atomic mass is 79.9. The lowest BCUT2D eigenvalue weighted by Crippen LogP contribution is -2.16. The zero-order valence-corrected chi connectivity index (χ0v) is 11.8. The van der Waals surface area contributed by atoms with Crippen LogP contribution in [0, 0.1) is 5.92 Å². The highest BCUT2D eigenvalue weighted by Crippen LogP contribution is 2.37. The first-order chi connectivity index (χ1) is 8.86. The van der Waals surface area contributed by atoms with Crippen LogP contribution in [-0.4, -0.2) is 17.8 Å². The van der Waals surface area contributed by atoms with Crippen LogP contribution < -0.4 is 5.32 Å². The maximum absolute atomic E-state index is 12.9. The molecule has 0 aromatic heterocycles. The molecule has 2 nitrogen and oxygen atoms in total. The molecule has 19 heavy (non-hydrogen) atoms. The van der Waals surface area contributed by atoms with Crippen molar-refractivity contribution in [1.29, 1.82) is 0 Å². The summed E-state index contributed by atoms with van der Waals surface area (Å²) >= 11 is 3.05. The minimum Gasteiger partial charge on any atom is -0.393 e. The van der Waals surface area contributed by atoms with Gasteiger partial charge in [-0.1, -0.05) is 15.9 Å². The van der Waals surface area contributed by atoms with E-state index in [1.54, 1.807) is 6.07 Å². The largest absolute Gasteiger partial charge is 0.418 e. The SMILES string of the molecule is OC1CCC(CNc2ccc(Br)cc2C(F)(F)F)C1. The average Bonchev–Trinajstić information content (AvgIpc) is 2.72. The number of aliphatic hydroxyl groups is 1. The molecule has 0 radical (unpaired) electrons. The van der Waals surface area contributed by atoms with Crippen molar-refractivity contribution in [1.82, 2.24) is 0 Å². The second-order valence-corrected chi connectivity index (χ2v) is 5.82. The number of aliphatic hydroxyl groups excluding tert-OH is 1. The van der Waals surface area contributed by atoms with Gasteiger partial charge in [0.05, 0.1) is 11.7 Å². The fourth-order valence-corrected chi connectivity index (χ4v) is 2.75. The lowest BCUT2D eigenvalue weighted by molar-refractivity contribution is -0.137. The Morgan fingerprint density at radius 1 is 1.32 bits per heavy atom. The smallest absolute Gasteiger partial charge is 0.393 e. The molecular weight excluding hydrogens is 323 g/mol. The Kier molecular flexibility index (Phi) is 4.40. The number of alkyl halides is 3. The lowest BCUT2D eigenvalue weighted by atomic mass is 10.1. The predicted octanol–water partition coefficient (Wildman–Crippen LogP) is 4.04. The van der Waals surface area contributed by atoms with E-state index in [0.717, 1.165) is 18.9 Å². The highest BCUT2D eigenvalue weighted by Gasteiger charge is 2.34. The molecule has 1 aromatic carbocycles. The first-order valence-electron chi connectivity index (χ1n) is 6.15. The first-order valence-corrected chi connectivity index (χ1v) is 6.94. The van der Waals surface area contributed by atoms with Crippen molar-refractivity contribution in [2.45, 2.75) is 31.5 Å². The van der Waals surface area contributed by atoms with Gasteiger partial charge in [0.2, 0.25) is 0 Å². The minimum absolute atomic E-state index is 0.0945. The standard InChI is InChI=1S/C13H15BrF3NO/c14-9-2-4-12(11(6-9)13(15,16)17)18-7-8-1-3-10(19)5-8/h2,4,6,8,10,18-19H,1,3,5,7H2. The van der Waals surface area contributed by atoms with Crippen LogP contribution in [-0.2, 0) is 6.18 Å². The van der Waals surface area contributed by atoms with Gasteiger partial charge in [-0.15, -0.1) is 0 Å². The van der Waals surface area contributed by atoms with E-state index in [1.807, 2.05) is 0 Å². The fourth-order valence-electron chi connectivity index (χ4n) is 2.39. The molecule has 1 aliphatic carbocycles. The average molecular weight is 338 g/mol. The Morgan fingerprint density at radius 3 is 2.63 bits per heavy atom. The van der Waals surface area contributed by atoms with Crippen LogP contribution in [0.5, 0.6) is 0 Å². The molecule has 1 aliphatic rings. The number of hydrogen-bond acceptors (Lipinski definition) is 2. The summed E-state index contributed by atoms with van der Waals surface area (Å²) in [6.45, 7) is 0.460.